The molecule has 1 heterocycles. The van der Waals surface area contributed by atoms with E-state index in [2.05, 4.69) is 10.3 Å². The molecule has 0 aliphatic rings. The number of hydrogen-bond donors (Lipinski definition) is 2. The Kier molecular flexibility index (Phi) is 4.26. The van der Waals surface area contributed by atoms with Crippen LogP contribution in [0.4, 0.5) is 5.69 Å². The first-order valence-electron chi connectivity index (χ1n) is 6.07. The van der Waals surface area contributed by atoms with Crippen LogP contribution in [0.2, 0.25) is 0 Å². The molecule has 0 atom stereocenters. The zero-order valence-corrected chi connectivity index (χ0v) is 10.9. The van der Waals surface area contributed by atoms with Crippen LogP contribution in [0.5, 0.6) is 0 Å². The van der Waals surface area contributed by atoms with Crippen LogP contribution >= 0.6 is 0 Å². The van der Waals surface area contributed by atoms with Gasteiger partial charge in [0.1, 0.15) is 0 Å². The standard InChI is InChI=1S/C15H11N3O3/c16-8-10-1-3-11(4-2-10)15(21)18-13-6-5-12(17-9-13)7-14(19)20/h1-6,9H,7H2,(H,18,21)(H,19,20). The first-order valence-corrected chi connectivity index (χ1v) is 6.07. The van der Waals surface area contributed by atoms with Crippen LogP contribution in [0.15, 0.2) is 42.6 Å². The summed E-state index contributed by atoms with van der Waals surface area (Å²) in [5.74, 6) is -1.29. The SMILES string of the molecule is N#Cc1ccc(C(=O)Nc2ccc(CC(=O)O)nc2)cc1. The van der Waals surface area contributed by atoms with Crippen molar-refractivity contribution in [3.05, 3.63) is 59.4 Å². The maximum absolute atomic E-state index is 12.0. The minimum absolute atomic E-state index is 0.163. The molecule has 2 N–H and O–H groups in total. The molecule has 21 heavy (non-hydrogen) atoms. The lowest BCUT2D eigenvalue weighted by Gasteiger charge is -2.05. The van der Waals surface area contributed by atoms with E-state index in [1.165, 1.54) is 6.20 Å². The first kappa shape index (κ1) is 14.2. The number of anilines is 1. The predicted octanol–water partition coefficient (Wildman–Crippen LogP) is 1.83. The second-order valence-electron chi connectivity index (χ2n) is 4.25. The normalized spacial score (nSPS) is 9.67. The number of nitrogens with one attached hydrogen (secondary N) is 1. The topological polar surface area (TPSA) is 103 Å². The van der Waals surface area contributed by atoms with Crippen molar-refractivity contribution in [3.63, 3.8) is 0 Å². The van der Waals surface area contributed by atoms with Crippen LogP contribution in [0, 0.1) is 11.3 Å². The fraction of sp³-hybridized carbons (Fsp3) is 0.0667. The largest absolute Gasteiger partial charge is 0.481 e. The maximum atomic E-state index is 12.0. The second kappa shape index (κ2) is 6.30. The van der Waals surface area contributed by atoms with E-state index in [1.807, 2.05) is 6.07 Å². The number of nitriles is 1. The molecule has 1 aromatic carbocycles. The number of hydrogen-bond acceptors (Lipinski definition) is 4. The number of carboxylic acid groups (broad SMARTS) is 1. The summed E-state index contributed by atoms with van der Waals surface area (Å²) in [6.07, 6.45) is 1.24. The zero-order chi connectivity index (χ0) is 15.2. The van der Waals surface area contributed by atoms with E-state index in [0.29, 0.717) is 22.5 Å². The lowest BCUT2D eigenvalue weighted by Crippen LogP contribution is -2.12. The summed E-state index contributed by atoms with van der Waals surface area (Å²) in [5.41, 5.74) is 1.78. The summed E-state index contributed by atoms with van der Waals surface area (Å²) in [5, 5.41) is 20.0. The number of aromatic nitrogens is 1. The summed E-state index contributed by atoms with van der Waals surface area (Å²) in [6, 6.07) is 11.3. The Bertz CT molecular complexity index is 700. The van der Waals surface area contributed by atoms with Gasteiger partial charge in [0.2, 0.25) is 0 Å². The lowest BCUT2D eigenvalue weighted by molar-refractivity contribution is -0.136. The minimum Gasteiger partial charge on any atom is -0.481 e. The summed E-state index contributed by atoms with van der Waals surface area (Å²) >= 11 is 0. The van der Waals surface area contributed by atoms with Gasteiger partial charge in [0, 0.05) is 5.56 Å². The maximum Gasteiger partial charge on any atom is 0.309 e. The molecule has 6 heteroatoms. The van der Waals surface area contributed by atoms with Crippen LogP contribution in [0.1, 0.15) is 21.6 Å². The third kappa shape index (κ3) is 3.88. The molecular weight excluding hydrogens is 270 g/mol. The Morgan fingerprint density at radius 2 is 1.90 bits per heavy atom. The highest BCUT2D eigenvalue weighted by Crippen LogP contribution is 2.10. The van der Waals surface area contributed by atoms with Crippen LogP contribution in [0.25, 0.3) is 0 Å². The Labute approximate surface area is 120 Å². The van der Waals surface area contributed by atoms with Gasteiger partial charge in [0.05, 0.1) is 35.6 Å². The molecule has 104 valence electrons. The molecule has 1 aromatic heterocycles. The summed E-state index contributed by atoms with van der Waals surface area (Å²) in [7, 11) is 0. The highest BCUT2D eigenvalue weighted by atomic mass is 16.4. The Morgan fingerprint density at radius 3 is 2.43 bits per heavy atom. The average Bonchev–Trinajstić information content (AvgIpc) is 2.49. The number of carbonyl (C=O) groups is 2. The van der Waals surface area contributed by atoms with E-state index in [4.69, 9.17) is 10.4 Å². The van der Waals surface area contributed by atoms with Crippen molar-refractivity contribution in [1.82, 2.24) is 4.98 Å². The highest BCUT2D eigenvalue weighted by Gasteiger charge is 2.07. The lowest BCUT2D eigenvalue weighted by atomic mass is 10.1. The first-order chi connectivity index (χ1) is 10.1. The molecule has 0 saturated heterocycles. The van der Waals surface area contributed by atoms with Gasteiger partial charge < -0.3 is 10.4 Å². The molecule has 2 rings (SSSR count). The van der Waals surface area contributed by atoms with Gasteiger partial charge in [-0.1, -0.05) is 0 Å². The fourth-order valence-electron chi connectivity index (χ4n) is 1.66. The molecule has 0 aliphatic carbocycles. The van der Waals surface area contributed by atoms with Gasteiger partial charge in [0.15, 0.2) is 0 Å². The summed E-state index contributed by atoms with van der Waals surface area (Å²) < 4.78 is 0. The number of nitrogens with zero attached hydrogens (tertiary/aromatic N) is 2. The van der Waals surface area contributed by atoms with Crippen LogP contribution in [-0.4, -0.2) is 22.0 Å². The highest BCUT2D eigenvalue weighted by molar-refractivity contribution is 6.04. The van der Waals surface area contributed by atoms with Crippen molar-refractivity contribution in [3.8, 4) is 6.07 Å². The third-order valence-electron chi connectivity index (χ3n) is 2.69. The van der Waals surface area contributed by atoms with Crippen molar-refractivity contribution in [2.75, 3.05) is 5.32 Å². The van der Waals surface area contributed by atoms with Gasteiger partial charge in [-0.15, -0.1) is 0 Å². The van der Waals surface area contributed by atoms with Gasteiger partial charge in [0.25, 0.3) is 5.91 Å². The Morgan fingerprint density at radius 1 is 1.19 bits per heavy atom. The summed E-state index contributed by atoms with van der Waals surface area (Å²) in [6.45, 7) is 0. The number of amides is 1. The smallest absolute Gasteiger partial charge is 0.309 e. The molecule has 0 unspecified atom stereocenters. The molecule has 1 amide bonds. The van der Waals surface area contributed by atoms with E-state index in [9.17, 15) is 9.59 Å². The van der Waals surface area contributed by atoms with Crippen molar-refractivity contribution >= 4 is 17.6 Å². The van der Waals surface area contributed by atoms with Crippen LogP contribution < -0.4 is 5.32 Å². The van der Waals surface area contributed by atoms with Crippen molar-refractivity contribution in [2.45, 2.75) is 6.42 Å². The van der Waals surface area contributed by atoms with E-state index in [1.54, 1.807) is 36.4 Å². The Balaban J connectivity index is 2.05. The molecule has 0 bridgehead atoms. The van der Waals surface area contributed by atoms with Crippen LogP contribution in [-0.2, 0) is 11.2 Å². The van der Waals surface area contributed by atoms with Crippen molar-refractivity contribution < 1.29 is 14.7 Å². The molecule has 0 aliphatic heterocycles. The Hall–Kier alpha value is -3.20. The number of pyridine rings is 1. The summed E-state index contributed by atoms with van der Waals surface area (Å²) in [4.78, 5) is 26.5. The van der Waals surface area contributed by atoms with Crippen molar-refractivity contribution in [1.29, 1.82) is 5.26 Å². The average molecular weight is 281 g/mol. The molecular formula is C15H11N3O3. The molecule has 6 nitrogen and oxygen atoms in total. The monoisotopic (exact) mass is 281 g/mol. The quantitative estimate of drug-likeness (QED) is 0.889. The van der Waals surface area contributed by atoms with Gasteiger partial charge in [-0.25, -0.2) is 0 Å². The van der Waals surface area contributed by atoms with E-state index < -0.39 is 5.97 Å². The van der Waals surface area contributed by atoms with Gasteiger partial charge >= 0.3 is 5.97 Å². The fourth-order valence-corrected chi connectivity index (χ4v) is 1.66. The number of rotatable bonds is 4. The number of benzene rings is 1. The second-order valence-corrected chi connectivity index (χ2v) is 4.25. The van der Waals surface area contributed by atoms with Gasteiger partial charge in [-0.05, 0) is 36.4 Å². The predicted molar refractivity (Wildman–Crippen MR) is 74.7 cm³/mol. The third-order valence-corrected chi connectivity index (χ3v) is 2.69. The number of aliphatic carboxylic acids is 1. The minimum atomic E-state index is -0.961. The zero-order valence-electron chi connectivity index (χ0n) is 10.9. The number of carboxylic acids is 1. The van der Waals surface area contributed by atoms with Gasteiger partial charge in [-0.2, -0.15) is 5.26 Å². The molecule has 0 saturated carbocycles. The number of carbonyl (C=O) groups excluding carboxylic acids is 1. The molecule has 0 fully saturated rings. The van der Waals surface area contributed by atoms with E-state index in [-0.39, 0.29) is 12.3 Å². The van der Waals surface area contributed by atoms with E-state index >= 15 is 0 Å². The molecule has 2 aromatic rings. The van der Waals surface area contributed by atoms with Crippen molar-refractivity contribution in [2.24, 2.45) is 0 Å². The molecule has 0 spiro atoms. The van der Waals surface area contributed by atoms with Gasteiger partial charge in [-0.3, -0.25) is 14.6 Å². The van der Waals surface area contributed by atoms with E-state index in [0.717, 1.165) is 0 Å². The van der Waals surface area contributed by atoms with Crippen LogP contribution in [0.3, 0.4) is 0 Å². The molecule has 0 radical (unpaired) electrons.